The summed E-state index contributed by atoms with van der Waals surface area (Å²) in [5.74, 6) is 1.15. The lowest BCUT2D eigenvalue weighted by Crippen LogP contribution is -2.21. The Morgan fingerprint density at radius 3 is 3.13 bits per heavy atom. The number of rotatable bonds is 3. The topological polar surface area (TPSA) is 69.0 Å². The van der Waals surface area contributed by atoms with Gasteiger partial charge in [-0.3, -0.25) is 5.32 Å². The molecule has 1 aromatic carbocycles. The predicted octanol–water partition coefficient (Wildman–Crippen LogP) is 3.73. The maximum Gasteiger partial charge on any atom is 0.414 e. The molecule has 2 aromatic rings. The molecule has 0 spiro atoms. The third-order valence-electron chi connectivity index (χ3n) is 4.03. The van der Waals surface area contributed by atoms with Crippen LogP contribution >= 0.6 is 11.6 Å². The van der Waals surface area contributed by atoms with Crippen molar-refractivity contribution in [3.05, 3.63) is 40.2 Å². The third kappa shape index (κ3) is 3.17. The number of fused-ring (bicyclic) bond motifs is 1. The Morgan fingerprint density at radius 2 is 2.35 bits per heavy atom. The Labute approximate surface area is 139 Å². The van der Waals surface area contributed by atoms with Crippen LogP contribution in [0.3, 0.4) is 0 Å². The molecule has 1 atom stereocenters. The molecule has 7 heteroatoms. The maximum atomic E-state index is 11.5. The molecule has 0 bridgehead atoms. The summed E-state index contributed by atoms with van der Waals surface area (Å²) in [6.45, 7) is 4.08. The Balaban J connectivity index is 1.91. The number of halogens is 1. The second-order valence-corrected chi connectivity index (χ2v) is 5.91. The molecule has 23 heavy (non-hydrogen) atoms. The predicted molar refractivity (Wildman–Crippen MR) is 87.9 cm³/mol. The number of amides is 1. The molecular formula is C16H19ClN4O2. The minimum atomic E-state index is -0.536. The first-order valence-electron chi connectivity index (χ1n) is 7.74. The summed E-state index contributed by atoms with van der Waals surface area (Å²) in [6, 6.07) is 6.00. The minimum Gasteiger partial charge on any atom is -0.450 e. The highest BCUT2D eigenvalue weighted by Crippen LogP contribution is 2.34. The molecule has 1 aliphatic rings. The van der Waals surface area contributed by atoms with Crippen LogP contribution in [0.25, 0.3) is 0 Å². The van der Waals surface area contributed by atoms with Crippen LogP contribution < -0.4 is 5.32 Å². The standard InChI is InChI=1S/C16H19ClN4O2/c1-3-23-16(22)19-15-18-14-9-5-8-13(21(14)20-15)11-6-4-7-12(17)10(11)2/h4,6-7,13H,3,5,8-9H2,1-2H3,(H,19,20,22). The summed E-state index contributed by atoms with van der Waals surface area (Å²) in [7, 11) is 0. The number of nitrogens with zero attached hydrogens (tertiary/aromatic N) is 3. The number of carbonyl (C=O) groups is 1. The first-order valence-corrected chi connectivity index (χ1v) is 8.12. The summed E-state index contributed by atoms with van der Waals surface area (Å²) in [4.78, 5) is 15.9. The van der Waals surface area contributed by atoms with E-state index >= 15 is 0 Å². The quantitative estimate of drug-likeness (QED) is 0.928. The number of anilines is 1. The van der Waals surface area contributed by atoms with Gasteiger partial charge in [-0.2, -0.15) is 4.98 Å². The van der Waals surface area contributed by atoms with Crippen LogP contribution in [0, 0.1) is 6.92 Å². The van der Waals surface area contributed by atoms with Crippen molar-refractivity contribution in [2.24, 2.45) is 0 Å². The lowest BCUT2D eigenvalue weighted by Gasteiger charge is -2.25. The highest BCUT2D eigenvalue weighted by molar-refractivity contribution is 6.31. The zero-order valence-corrected chi connectivity index (χ0v) is 13.9. The molecule has 0 fully saturated rings. The van der Waals surface area contributed by atoms with Crippen LogP contribution in [0.15, 0.2) is 18.2 Å². The van der Waals surface area contributed by atoms with Gasteiger partial charge in [-0.15, -0.1) is 5.10 Å². The number of aromatic nitrogens is 3. The van der Waals surface area contributed by atoms with Gasteiger partial charge in [-0.25, -0.2) is 9.48 Å². The second kappa shape index (κ2) is 6.58. The summed E-state index contributed by atoms with van der Waals surface area (Å²) in [5, 5.41) is 7.77. The van der Waals surface area contributed by atoms with Crippen molar-refractivity contribution in [3.63, 3.8) is 0 Å². The van der Waals surface area contributed by atoms with E-state index in [0.29, 0.717) is 6.61 Å². The summed E-state index contributed by atoms with van der Waals surface area (Å²) >= 11 is 6.25. The molecule has 0 saturated carbocycles. The molecule has 2 heterocycles. The Hall–Kier alpha value is -2.08. The van der Waals surface area contributed by atoms with E-state index in [-0.39, 0.29) is 12.0 Å². The molecule has 3 rings (SSSR count). The van der Waals surface area contributed by atoms with E-state index in [1.165, 1.54) is 0 Å². The number of hydrogen-bond acceptors (Lipinski definition) is 4. The van der Waals surface area contributed by atoms with Crippen LogP contribution in [-0.2, 0) is 11.2 Å². The highest BCUT2D eigenvalue weighted by Gasteiger charge is 2.26. The Bertz CT molecular complexity index is 729. The van der Waals surface area contributed by atoms with Crippen LogP contribution in [-0.4, -0.2) is 27.5 Å². The number of aryl methyl sites for hydroxylation is 1. The Morgan fingerprint density at radius 1 is 1.52 bits per heavy atom. The second-order valence-electron chi connectivity index (χ2n) is 5.50. The minimum absolute atomic E-state index is 0.0858. The van der Waals surface area contributed by atoms with Gasteiger partial charge in [0.1, 0.15) is 5.82 Å². The first kappa shape index (κ1) is 15.8. The number of nitrogens with one attached hydrogen (secondary N) is 1. The van der Waals surface area contributed by atoms with Gasteiger partial charge in [-0.05, 0) is 43.9 Å². The zero-order valence-electron chi connectivity index (χ0n) is 13.2. The van der Waals surface area contributed by atoms with Gasteiger partial charge in [0.05, 0.1) is 12.6 Å². The van der Waals surface area contributed by atoms with E-state index in [1.807, 2.05) is 23.7 Å². The maximum absolute atomic E-state index is 11.5. The summed E-state index contributed by atoms with van der Waals surface area (Å²) in [6.07, 6.45) is 2.30. The number of carbonyl (C=O) groups excluding carboxylic acids is 1. The van der Waals surface area contributed by atoms with Gasteiger partial charge in [0, 0.05) is 11.4 Å². The van der Waals surface area contributed by atoms with Crippen LogP contribution in [0.2, 0.25) is 5.02 Å². The van der Waals surface area contributed by atoms with E-state index in [4.69, 9.17) is 16.3 Å². The average molecular weight is 335 g/mol. The van der Waals surface area contributed by atoms with Crippen LogP contribution in [0.4, 0.5) is 10.7 Å². The van der Waals surface area contributed by atoms with Gasteiger partial charge in [-0.1, -0.05) is 23.7 Å². The fraction of sp³-hybridized carbons (Fsp3) is 0.438. The van der Waals surface area contributed by atoms with Crippen LogP contribution in [0.5, 0.6) is 0 Å². The molecule has 1 N–H and O–H groups in total. The normalized spacial score (nSPS) is 16.7. The lowest BCUT2D eigenvalue weighted by atomic mass is 9.94. The van der Waals surface area contributed by atoms with Crippen molar-refractivity contribution in [1.29, 1.82) is 0 Å². The van der Waals surface area contributed by atoms with Crippen molar-refractivity contribution in [2.75, 3.05) is 11.9 Å². The molecule has 0 saturated heterocycles. The van der Waals surface area contributed by atoms with Crippen molar-refractivity contribution in [3.8, 4) is 0 Å². The first-order chi connectivity index (χ1) is 11.1. The molecule has 0 aliphatic carbocycles. The lowest BCUT2D eigenvalue weighted by molar-refractivity contribution is 0.167. The van der Waals surface area contributed by atoms with E-state index < -0.39 is 6.09 Å². The number of benzene rings is 1. The van der Waals surface area contributed by atoms with Crippen LogP contribution in [0.1, 0.15) is 42.8 Å². The van der Waals surface area contributed by atoms with Gasteiger partial charge in [0.15, 0.2) is 0 Å². The zero-order chi connectivity index (χ0) is 16.4. The van der Waals surface area contributed by atoms with Crippen molar-refractivity contribution < 1.29 is 9.53 Å². The van der Waals surface area contributed by atoms with E-state index in [0.717, 1.165) is 41.2 Å². The van der Waals surface area contributed by atoms with Gasteiger partial charge < -0.3 is 4.74 Å². The fourth-order valence-corrected chi connectivity index (χ4v) is 3.12. The molecule has 1 amide bonds. The van der Waals surface area contributed by atoms with Crippen molar-refractivity contribution in [1.82, 2.24) is 14.8 Å². The SMILES string of the molecule is CCOC(=O)Nc1nc2n(n1)C(c1cccc(Cl)c1C)CCC2. The molecule has 6 nitrogen and oxygen atoms in total. The van der Waals surface area contributed by atoms with Gasteiger partial charge in [0.25, 0.3) is 5.95 Å². The summed E-state index contributed by atoms with van der Waals surface area (Å²) < 4.78 is 6.76. The largest absolute Gasteiger partial charge is 0.450 e. The Kier molecular flexibility index (Phi) is 4.52. The monoisotopic (exact) mass is 334 g/mol. The number of ether oxygens (including phenoxy) is 1. The molecule has 0 radical (unpaired) electrons. The van der Waals surface area contributed by atoms with E-state index in [1.54, 1.807) is 6.92 Å². The van der Waals surface area contributed by atoms with E-state index in [2.05, 4.69) is 21.5 Å². The highest BCUT2D eigenvalue weighted by atomic mass is 35.5. The average Bonchev–Trinajstić information content (AvgIpc) is 2.92. The summed E-state index contributed by atoms with van der Waals surface area (Å²) in [5.41, 5.74) is 2.20. The van der Waals surface area contributed by atoms with Gasteiger partial charge >= 0.3 is 6.09 Å². The number of hydrogen-bond donors (Lipinski definition) is 1. The fourth-order valence-electron chi connectivity index (χ4n) is 2.94. The van der Waals surface area contributed by atoms with Crippen molar-refractivity contribution in [2.45, 2.75) is 39.2 Å². The smallest absolute Gasteiger partial charge is 0.414 e. The van der Waals surface area contributed by atoms with E-state index in [9.17, 15) is 4.79 Å². The van der Waals surface area contributed by atoms with Crippen molar-refractivity contribution >= 4 is 23.6 Å². The molecule has 1 aliphatic heterocycles. The molecule has 1 aromatic heterocycles. The van der Waals surface area contributed by atoms with Gasteiger partial charge in [0.2, 0.25) is 0 Å². The molecule has 122 valence electrons. The third-order valence-corrected chi connectivity index (χ3v) is 4.44. The molecular weight excluding hydrogens is 316 g/mol. The molecule has 1 unspecified atom stereocenters.